The molecule has 0 unspecified atom stereocenters. The van der Waals surface area contributed by atoms with Gasteiger partial charge in [0.1, 0.15) is 5.58 Å². The fourth-order valence-electron chi connectivity index (χ4n) is 2.52. The zero-order valence-electron chi connectivity index (χ0n) is 9.20. The summed E-state index contributed by atoms with van der Waals surface area (Å²) in [6.07, 6.45) is 4.27. The third-order valence-corrected chi connectivity index (χ3v) is 3.41. The fourth-order valence-corrected chi connectivity index (χ4v) is 2.52. The molecule has 3 nitrogen and oxygen atoms in total. The Morgan fingerprint density at radius 2 is 2.06 bits per heavy atom. The summed E-state index contributed by atoms with van der Waals surface area (Å²) in [7, 11) is 0. The number of furan rings is 1. The van der Waals surface area contributed by atoms with Gasteiger partial charge in [-0.1, -0.05) is 0 Å². The summed E-state index contributed by atoms with van der Waals surface area (Å²) in [6.45, 7) is 2.19. The monoisotopic (exact) mass is 216 g/mol. The van der Waals surface area contributed by atoms with Gasteiger partial charge in [-0.3, -0.25) is 0 Å². The van der Waals surface area contributed by atoms with Gasteiger partial charge in [-0.15, -0.1) is 0 Å². The summed E-state index contributed by atoms with van der Waals surface area (Å²) >= 11 is 0. The fraction of sp³-hybridized carbons (Fsp3) is 0.385. The van der Waals surface area contributed by atoms with Crippen molar-refractivity contribution in [1.29, 1.82) is 0 Å². The van der Waals surface area contributed by atoms with Crippen LogP contribution in [0.15, 0.2) is 28.9 Å². The smallest absolute Gasteiger partial charge is 0.134 e. The van der Waals surface area contributed by atoms with Crippen LogP contribution in [-0.4, -0.2) is 13.1 Å². The highest BCUT2D eigenvalue weighted by Gasteiger charge is 2.19. The largest absolute Gasteiger partial charge is 0.464 e. The molecule has 0 atom stereocenters. The number of nitrogens with one attached hydrogen (secondary N) is 1. The molecule has 0 amide bonds. The maximum absolute atomic E-state index is 5.83. The lowest BCUT2D eigenvalue weighted by Crippen LogP contribution is -2.26. The molecule has 3 rings (SSSR count). The van der Waals surface area contributed by atoms with Crippen molar-refractivity contribution in [1.82, 2.24) is 5.32 Å². The molecule has 3 N–H and O–H groups in total. The standard InChI is InChI=1S/C13H16N2O/c14-10-1-2-13-11(7-10)12(8-16-13)9-3-5-15-6-4-9/h1-2,7-9,15H,3-6,14H2. The molecule has 16 heavy (non-hydrogen) atoms. The average Bonchev–Trinajstić information content (AvgIpc) is 2.73. The number of rotatable bonds is 1. The zero-order chi connectivity index (χ0) is 11.0. The third kappa shape index (κ3) is 1.57. The Kier molecular flexibility index (Phi) is 2.33. The SMILES string of the molecule is Nc1ccc2occ(C3CCNCC3)c2c1. The second-order valence-electron chi connectivity index (χ2n) is 4.47. The Morgan fingerprint density at radius 1 is 1.25 bits per heavy atom. The number of anilines is 1. The number of hydrogen-bond donors (Lipinski definition) is 2. The van der Waals surface area contributed by atoms with Crippen LogP contribution in [0.2, 0.25) is 0 Å². The van der Waals surface area contributed by atoms with Crippen molar-refractivity contribution in [3.63, 3.8) is 0 Å². The topological polar surface area (TPSA) is 51.2 Å². The summed E-state index contributed by atoms with van der Waals surface area (Å²) in [5.41, 5.74) is 8.91. The molecule has 1 aliphatic rings. The van der Waals surface area contributed by atoms with E-state index in [-0.39, 0.29) is 0 Å². The lowest BCUT2D eigenvalue weighted by molar-refractivity contribution is 0.457. The molecule has 1 aromatic heterocycles. The van der Waals surface area contributed by atoms with Crippen molar-refractivity contribution >= 4 is 16.7 Å². The molecule has 0 saturated carbocycles. The minimum absolute atomic E-state index is 0.615. The van der Waals surface area contributed by atoms with Gasteiger partial charge < -0.3 is 15.5 Å². The molecule has 2 aromatic rings. The van der Waals surface area contributed by atoms with Crippen LogP contribution in [0.3, 0.4) is 0 Å². The van der Waals surface area contributed by atoms with E-state index in [1.54, 1.807) is 0 Å². The van der Waals surface area contributed by atoms with Crippen molar-refractivity contribution in [3.05, 3.63) is 30.0 Å². The van der Waals surface area contributed by atoms with Gasteiger partial charge in [-0.25, -0.2) is 0 Å². The van der Waals surface area contributed by atoms with Crippen LogP contribution in [0, 0.1) is 0 Å². The van der Waals surface area contributed by atoms with E-state index in [0.717, 1.165) is 24.4 Å². The summed E-state index contributed by atoms with van der Waals surface area (Å²) in [5.74, 6) is 0.615. The van der Waals surface area contributed by atoms with Crippen molar-refractivity contribution < 1.29 is 4.42 Å². The van der Waals surface area contributed by atoms with Crippen molar-refractivity contribution in [2.24, 2.45) is 0 Å². The van der Waals surface area contributed by atoms with E-state index < -0.39 is 0 Å². The van der Waals surface area contributed by atoms with E-state index in [1.807, 2.05) is 24.5 Å². The number of hydrogen-bond acceptors (Lipinski definition) is 3. The van der Waals surface area contributed by atoms with Crippen molar-refractivity contribution in [3.8, 4) is 0 Å². The Balaban J connectivity index is 2.05. The number of benzene rings is 1. The van der Waals surface area contributed by atoms with Gasteiger partial charge >= 0.3 is 0 Å². The first kappa shape index (κ1) is 9.73. The Morgan fingerprint density at radius 3 is 2.88 bits per heavy atom. The Bertz CT molecular complexity index is 498. The molecule has 1 aliphatic heterocycles. The lowest BCUT2D eigenvalue weighted by Gasteiger charge is -2.21. The first-order chi connectivity index (χ1) is 7.84. The van der Waals surface area contributed by atoms with Gasteiger partial charge in [0.05, 0.1) is 6.26 Å². The van der Waals surface area contributed by atoms with Gasteiger partial charge in [0.25, 0.3) is 0 Å². The van der Waals surface area contributed by atoms with Crippen molar-refractivity contribution in [2.75, 3.05) is 18.8 Å². The minimum atomic E-state index is 0.615. The Hall–Kier alpha value is -1.48. The minimum Gasteiger partial charge on any atom is -0.464 e. The van der Waals surface area contributed by atoms with Crippen LogP contribution < -0.4 is 11.1 Å². The van der Waals surface area contributed by atoms with Gasteiger partial charge in [-0.2, -0.15) is 0 Å². The molecule has 3 heteroatoms. The molecule has 2 heterocycles. The normalized spacial score (nSPS) is 18.0. The first-order valence-corrected chi connectivity index (χ1v) is 5.82. The molecular weight excluding hydrogens is 200 g/mol. The second-order valence-corrected chi connectivity index (χ2v) is 4.47. The highest BCUT2D eigenvalue weighted by Crippen LogP contribution is 2.33. The van der Waals surface area contributed by atoms with E-state index in [0.29, 0.717) is 5.92 Å². The van der Waals surface area contributed by atoms with E-state index in [2.05, 4.69) is 5.32 Å². The molecule has 0 aliphatic carbocycles. The van der Waals surface area contributed by atoms with E-state index in [9.17, 15) is 0 Å². The van der Waals surface area contributed by atoms with Crippen LogP contribution in [0.4, 0.5) is 5.69 Å². The average molecular weight is 216 g/mol. The second kappa shape index (κ2) is 3.83. The van der Waals surface area contributed by atoms with E-state index >= 15 is 0 Å². The van der Waals surface area contributed by atoms with Gasteiger partial charge in [0, 0.05) is 16.6 Å². The maximum atomic E-state index is 5.83. The van der Waals surface area contributed by atoms with Crippen LogP contribution in [0.1, 0.15) is 24.3 Å². The number of nitrogens with two attached hydrogens (primary N) is 1. The van der Waals surface area contributed by atoms with Gasteiger partial charge in [0.2, 0.25) is 0 Å². The molecule has 0 spiro atoms. The number of piperidine rings is 1. The number of nitrogen functional groups attached to an aromatic ring is 1. The van der Waals surface area contributed by atoms with Gasteiger partial charge in [0.15, 0.2) is 0 Å². The molecule has 1 fully saturated rings. The predicted molar refractivity (Wildman–Crippen MR) is 65.5 cm³/mol. The Labute approximate surface area is 94.6 Å². The molecule has 1 aromatic carbocycles. The molecular formula is C13H16N2O. The van der Waals surface area contributed by atoms with E-state index in [1.165, 1.54) is 23.8 Å². The summed E-state index contributed by atoms with van der Waals surface area (Å²) in [4.78, 5) is 0. The highest BCUT2D eigenvalue weighted by atomic mass is 16.3. The molecule has 0 radical (unpaired) electrons. The van der Waals surface area contributed by atoms with Gasteiger partial charge in [-0.05, 0) is 50.0 Å². The maximum Gasteiger partial charge on any atom is 0.134 e. The number of fused-ring (bicyclic) bond motifs is 1. The molecule has 84 valence electrons. The van der Waals surface area contributed by atoms with E-state index in [4.69, 9.17) is 10.2 Å². The lowest BCUT2D eigenvalue weighted by atomic mass is 9.90. The van der Waals surface area contributed by atoms with Crippen LogP contribution >= 0.6 is 0 Å². The zero-order valence-corrected chi connectivity index (χ0v) is 9.20. The summed E-state index contributed by atoms with van der Waals surface area (Å²) < 4.78 is 5.58. The molecule has 0 bridgehead atoms. The predicted octanol–water partition coefficient (Wildman–Crippen LogP) is 2.48. The summed E-state index contributed by atoms with van der Waals surface area (Å²) in [5, 5.41) is 4.57. The van der Waals surface area contributed by atoms with Crippen molar-refractivity contribution in [2.45, 2.75) is 18.8 Å². The quantitative estimate of drug-likeness (QED) is 0.720. The van der Waals surface area contributed by atoms with Crippen LogP contribution in [0.5, 0.6) is 0 Å². The third-order valence-electron chi connectivity index (χ3n) is 3.41. The first-order valence-electron chi connectivity index (χ1n) is 5.82. The molecule has 1 saturated heterocycles. The van der Waals surface area contributed by atoms with Crippen LogP contribution in [-0.2, 0) is 0 Å². The van der Waals surface area contributed by atoms with Crippen LogP contribution in [0.25, 0.3) is 11.0 Å². The summed E-state index contributed by atoms with van der Waals surface area (Å²) in [6, 6.07) is 5.86. The highest BCUT2D eigenvalue weighted by molar-refractivity contribution is 5.84.